The average Bonchev–Trinajstić information content (AvgIpc) is 3.08. The van der Waals surface area contributed by atoms with Crippen molar-refractivity contribution in [3.63, 3.8) is 0 Å². The summed E-state index contributed by atoms with van der Waals surface area (Å²) in [5, 5.41) is 11.1. The van der Waals surface area contributed by atoms with E-state index in [-0.39, 0.29) is 24.5 Å². The maximum atomic E-state index is 13.1. The van der Waals surface area contributed by atoms with Crippen molar-refractivity contribution < 1.29 is 28.9 Å². The van der Waals surface area contributed by atoms with Crippen LogP contribution in [0.3, 0.4) is 0 Å². The normalized spacial score (nSPS) is 17.3. The summed E-state index contributed by atoms with van der Waals surface area (Å²) in [6.45, 7) is 7.36. The summed E-state index contributed by atoms with van der Waals surface area (Å²) in [7, 11) is 1.54. The molecule has 0 aromatic heterocycles. The number of Topliss-reactive ketones (excluding diaryl/α,β-unsaturated/α-hetero) is 1. The van der Waals surface area contributed by atoms with Gasteiger partial charge in [0.15, 0.2) is 11.5 Å². The highest BCUT2D eigenvalue weighted by Crippen LogP contribution is 2.42. The van der Waals surface area contributed by atoms with Crippen LogP contribution in [0.5, 0.6) is 11.5 Å². The second kappa shape index (κ2) is 11.7. The summed E-state index contributed by atoms with van der Waals surface area (Å²) < 4.78 is 16.9. The number of methoxy groups -OCH3 is 1. The van der Waals surface area contributed by atoms with Crippen LogP contribution in [0.25, 0.3) is 5.76 Å². The standard InChI is InChI=1S/C27H33NO6/c1-5-7-15-34-21-13-12-20(17-22(21)33-6-2)24-23(25(29)19-10-8-18(3)9-11-19)26(30)27(31)28(24)14-16-32-4/h8-13,17,24,29H,5-7,14-16H2,1-4H3/b25-23+. The van der Waals surface area contributed by atoms with E-state index in [0.717, 1.165) is 18.4 Å². The van der Waals surface area contributed by atoms with Gasteiger partial charge in [0.25, 0.3) is 11.7 Å². The maximum Gasteiger partial charge on any atom is 0.295 e. The zero-order valence-corrected chi connectivity index (χ0v) is 20.3. The van der Waals surface area contributed by atoms with E-state index in [4.69, 9.17) is 14.2 Å². The van der Waals surface area contributed by atoms with Crippen LogP contribution in [0, 0.1) is 6.92 Å². The number of carbonyl (C=O) groups is 2. The van der Waals surface area contributed by atoms with Gasteiger partial charge in [-0.15, -0.1) is 0 Å². The molecule has 34 heavy (non-hydrogen) atoms. The maximum absolute atomic E-state index is 13.1. The molecule has 1 N–H and O–H groups in total. The van der Waals surface area contributed by atoms with Gasteiger partial charge >= 0.3 is 0 Å². The Morgan fingerprint density at radius 1 is 1.00 bits per heavy atom. The molecule has 0 saturated carbocycles. The molecule has 0 aliphatic carbocycles. The highest BCUT2D eigenvalue weighted by molar-refractivity contribution is 6.46. The number of ketones is 1. The minimum absolute atomic E-state index is 0.0482. The van der Waals surface area contributed by atoms with E-state index in [1.807, 2.05) is 32.0 Å². The van der Waals surface area contributed by atoms with E-state index in [0.29, 0.717) is 35.8 Å². The molecule has 1 fully saturated rings. The Kier molecular flexibility index (Phi) is 8.71. The zero-order valence-electron chi connectivity index (χ0n) is 20.3. The number of likely N-dealkylation sites (tertiary alicyclic amines) is 1. The number of hydrogen-bond acceptors (Lipinski definition) is 6. The lowest BCUT2D eigenvalue weighted by molar-refractivity contribution is -0.140. The van der Waals surface area contributed by atoms with Gasteiger partial charge in [-0.2, -0.15) is 0 Å². The number of aliphatic hydroxyl groups excluding tert-OH is 1. The smallest absolute Gasteiger partial charge is 0.295 e. The summed E-state index contributed by atoms with van der Waals surface area (Å²) in [5.74, 6) is -0.461. The van der Waals surface area contributed by atoms with Gasteiger partial charge in [0.2, 0.25) is 0 Å². The predicted octanol–water partition coefficient (Wildman–Crippen LogP) is 4.64. The lowest BCUT2D eigenvalue weighted by Crippen LogP contribution is -2.32. The van der Waals surface area contributed by atoms with Gasteiger partial charge in [-0.05, 0) is 38.0 Å². The van der Waals surface area contributed by atoms with E-state index in [1.165, 1.54) is 12.0 Å². The number of benzene rings is 2. The number of unbranched alkanes of at least 4 members (excludes halogenated alkanes) is 1. The Morgan fingerprint density at radius 2 is 1.74 bits per heavy atom. The van der Waals surface area contributed by atoms with Gasteiger partial charge in [-0.1, -0.05) is 49.2 Å². The number of rotatable bonds is 11. The molecule has 182 valence electrons. The first-order chi connectivity index (χ1) is 16.4. The zero-order chi connectivity index (χ0) is 24.7. The Hall–Kier alpha value is -3.32. The van der Waals surface area contributed by atoms with Gasteiger partial charge in [0.05, 0.1) is 31.4 Å². The number of aliphatic hydroxyl groups is 1. The summed E-state index contributed by atoms with van der Waals surface area (Å²) >= 11 is 0. The third-order valence-corrected chi connectivity index (χ3v) is 5.74. The van der Waals surface area contributed by atoms with Crippen molar-refractivity contribution in [3.8, 4) is 11.5 Å². The molecule has 1 saturated heterocycles. The highest BCUT2D eigenvalue weighted by Gasteiger charge is 2.46. The molecule has 2 aromatic rings. The van der Waals surface area contributed by atoms with Crippen molar-refractivity contribution in [1.29, 1.82) is 0 Å². The molecule has 0 bridgehead atoms. The van der Waals surface area contributed by atoms with Gasteiger partial charge in [-0.3, -0.25) is 9.59 Å². The van der Waals surface area contributed by atoms with E-state index in [2.05, 4.69) is 6.92 Å². The van der Waals surface area contributed by atoms with Gasteiger partial charge < -0.3 is 24.2 Å². The van der Waals surface area contributed by atoms with Crippen LogP contribution < -0.4 is 9.47 Å². The van der Waals surface area contributed by atoms with Crippen molar-refractivity contribution >= 4 is 17.4 Å². The fourth-order valence-electron chi connectivity index (χ4n) is 3.92. The number of hydrogen-bond donors (Lipinski definition) is 1. The van der Waals surface area contributed by atoms with Crippen molar-refractivity contribution in [1.82, 2.24) is 4.90 Å². The molecule has 7 nitrogen and oxygen atoms in total. The predicted molar refractivity (Wildman–Crippen MR) is 130 cm³/mol. The highest BCUT2D eigenvalue weighted by atomic mass is 16.5. The van der Waals surface area contributed by atoms with Crippen LogP contribution >= 0.6 is 0 Å². The largest absolute Gasteiger partial charge is 0.507 e. The molecule has 7 heteroatoms. The number of nitrogens with zero attached hydrogens (tertiary/aromatic N) is 1. The third kappa shape index (κ3) is 5.42. The van der Waals surface area contributed by atoms with Crippen LogP contribution in [-0.2, 0) is 14.3 Å². The molecule has 3 rings (SSSR count). The number of aryl methyl sites for hydroxylation is 1. The van der Waals surface area contributed by atoms with Crippen molar-refractivity contribution in [2.24, 2.45) is 0 Å². The van der Waals surface area contributed by atoms with E-state index >= 15 is 0 Å². The Balaban J connectivity index is 2.11. The van der Waals surface area contributed by atoms with Crippen LogP contribution in [-0.4, -0.2) is 55.2 Å². The Bertz CT molecular complexity index is 1040. The molecule has 1 unspecified atom stereocenters. The van der Waals surface area contributed by atoms with Gasteiger partial charge in [0.1, 0.15) is 5.76 Å². The van der Waals surface area contributed by atoms with E-state index in [1.54, 1.807) is 24.3 Å². The first-order valence-corrected chi connectivity index (χ1v) is 11.7. The minimum atomic E-state index is -0.777. The lowest BCUT2D eigenvalue weighted by atomic mass is 9.94. The SMILES string of the molecule is CCCCOc1ccc(C2/C(=C(\O)c3ccc(C)cc3)C(=O)C(=O)N2CCOC)cc1OCC. The lowest BCUT2D eigenvalue weighted by Gasteiger charge is -2.26. The molecule has 2 aromatic carbocycles. The van der Waals surface area contributed by atoms with E-state index in [9.17, 15) is 14.7 Å². The topological polar surface area (TPSA) is 85.3 Å². The van der Waals surface area contributed by atoms with Crippen LogP contribution in [0.1, 0.15) is 49.4 Å². The molecule has 0 radical (unpaired) electrons. The molecule has 1 heterocycles. The Morgan fingerprint density at radius 3 is 2.38 bits per heavy atom. The van der Waals surface area contributed by atoms with Gasteiger partial charge in [0, 0.05) is 19.2 Å². The molecule has 1 aliphatic heterocycles. The van der Waals surface area contributed by atoms with Crippen molar-refractivity contribution in [2.45, 2.75) is 39.7 Å². The minimum Gasteiger partial charge on any atom is -0.507 e. The summed E-state index contributed by atoms with van der Waals surface area (Å²) in [6.07, 6.45) is 1.93. The number of carbonyl (C=O) groups excluding carboxylic acids is 2. The summed E-state index contributed by atoms with van der Waals surface area (Å²) in [5.41, 5.74) is 2.20. The fourth-order valence-corrected chi connectivity index (χ4v) is 3.92. The number of ether oxygens (including phenoxy) is 3. The first kappa shape index (κ1) is 25.3. The van der Waals surface area contributed by atoms with Crippen LogP contribution in [0.2, 0.25) is 0 Å². The first-order valence-electron chi connectivity index (χ1n) is 11.7. The summed E-state index contributed by atoms with van der Waals surface area (Å²) in [4.78, 5) is 27.5. The second-order valence-corrected chi connectivity index (χ2v) is 8.19. The van der Waals surface area contributed by atoms with Gasteiger partial charge in [-0.25, -0.2) is 0 Å². The molecule has 1 atom stereocenters. The summed E-state index contributed by atoms with van der Waals surface area (Å²) in [6, 6.07) is 11.8. The monoisotopic (exact) mass is 467 g/mol. The fraction of sp³-hybridized carbons (Fsp3) is 0.407. The molecular formula is C27H33NO6. The molecule has 1 aliphatic rings. The van der Waals surface area contributed by atoms with Crippen LogP contribution in [0.4, 0.5) is 0 Å². The molecule has 0 spiro atoms. The second-order valence-electron chi connectivity index (χ2n) is 8.19. The number of amides is 1. The third-order valence-electron chi connectivity index (χ3n) is 5.74. The van der Waals surface area contributed by atoms with E-state index < -0.39 is 17.7 Å². The Labute approximate surface area is 200 Å². The average molecular weight is 468 g/mol. The van der Waals surface area contributed by atoms with Crippen molar-refractivity contribution in [3.05, 3.63) is 64.7 Å². The quantitative estimate of drug-likeness (QED) is 0.224. The molecular weight excluding hydrogens is 434 g/mol. The molecule has 1 amide bonds. The van der Waals surface area contributed by atoms with Crippen molar-refractivity contribution in [2.75, 3.05) is 33.5 Å². The van der Waals surface area contributed by atoms with Crippen LogP contribution in [0.15, 0.2) is 48.0 Å².